The number of amides is 1. The molecular weight excluding hydrogens is 521 g/mol. The summed E-state index contributed by atoms with van der Waals surface area (Å²) in [6, 6.07) is 13.6. The van der Waals surface area contributed by atoms with Gasteiger partial charge in [-0.1, -0.05) is 42.8 Å². The second-order valence-electron chi connectivity index (χ2n) is 10.5. The summed E-state index contributed by atoms with van der Waals surface area (Å²) in [4.78, 5) is 19.9. The molecule has 1 aromatic heterocycles. The lowest BCUT2D eigenvalue weighted by Crippen LogP contribution is -2.55. The molecule has 2 unspecified atom stereocenters. The average molecular weight is 547 g/mol. The van der Waals surface area contributed by atoms with Crippen LogP contribution in [0.1, 0.15) is 59.9 Å². The quantitative estimate of drug-likeness (QED) is 0.425. The molecule has 0 radical (unpaired) electrons. The molecule has 2 N–H and O–H groups in total. The number of alkyl halides is 3. The summed E-state index contributed by atoms with van der Waals surface area (Å²) < 4.78 is 42.6. The molecule has 2 aromatic carbocycles. The fraction of sp³-hybridized carbons (Fsp3) is 0.357. The molecule has 6 nitrogen and oxygen atoms in total. The molecule has 5 rings (SSSR count). The van der Waals surface area contributed by atoms with Gasteiger partial charge < -0.3 is 19.8 Å². The lowest BCUT2D eigenvalue weighted by molar-refractivity contribution is -0.274. The number of nitrogens with zero attached hydrogens (tertiary/aromatic N) is 2. The van der Waals surface area contributed by atoms with E-state index in [9.17, 15) is 28.2 Å². The highest BCUT2D eigenvalue weighted by Crippen LogP contribution is 2.63. The molecule has 3 aromatic rings. The SMILES string of the molecule is CC1CC1(O)[C@@]1(c2ccc(OC(F)(F)F)cc2)c2ccc(C(C)(C)O)cc2C(=O)N1Cc1ccc(Cl)cn1. The number of carbonyl (C=O) groups is 1. The lowest BCUT2D eigenvalue weighted by atomic mass is 9.74. The fourth-order valence-corrected chi connectivity index (χ4v) is 5.66. The molecule has 1 fully saturated rings. The van der Waals surface area contributed by atoms with Crippen LogP contribution in [0.25, 0.3) is 0 Å². The van der Waals surface area contributed by atoms with Crippen LogP contribution in [0.2, 0.25) is 5.02 Å². The molecule has 38 heavy (non-hydrogen) atoms. The minimum Gasteiger partial charge on any atom is -0.406 e. The summed E-state index contributed by atoms with van der Waals surface area (Å²) in [7, 11) is 0. The molecule has 0 saturated heterocycles. The maximum Gasteiger partial charge on any atom is 0.573 e. The first-order chi connectivity index (χ1) is 17.7. The molecule has 1 aliphatic heterocycles. The number of aromatic nitrogens is 1. The zero-order chi connectivity index (χ0) is 27.7. The summed E-state index contributed by atoms with van der Waals surface area (Å²) in [6.07, 6.45) is -3.05. The zero-order valence-electron chi connectivity index (χ0n) is 20.9. The Morgan fingerprint density at radius 2 is 1.79 bits per heavy atom. The molecule has 2 heterocycles. The predicted molar refractivity (Wildman–Crippen MR) is 133 cm³/mol. The van der Waals surface area contributed by atoms with Crippen molar-refractivity contribution in [2.45, 2.75) is 56.8 Å². The summed E-state index contributed by atoms with van der Waals surface area (Å²) >= 11 is 6.01. The molecule has 0 bridgehead atoms. The van der Waals surface area contributed by atoms with E-state index in [1.807, 2.05) is 6.92 Å². The van der Waals surface area contributed by atoms with Gasteiger partial charge in [0.1, 0.15) is 11.3 Å². The normalized spacial score (nSPS) is 24.9. The van der Waals surface area contributed by atoms with Gasteiger partial charge in [0.25, 0.3) is 5.91 Å². The van der Waals surface area contributed by atoms with Crippen molar-refractivity contribution in [1.82, 2.24) is 9.88 Å². The van der Waals surface area contributed by atoms with E-state index in [0.29, 0.717) is 39.4 Å². The summed E-state index contributed by atoms with van der Waals surface area (Å²) in [5.41, 5.74) is -1.84. The van der Waals surface area contributed by atoms with Crippen molar-refractivity contribution in [1.29, 1.82) is 0 Å². The Morgan fingerprint density at radius 3 is 2.32 bits per heavy atom. The second kappa shape index (κ2) is 8.69. The van der Waals surface area contributed by atoms with Crippen LogP contribution in [0, 0.1) is 5.92 Å². The molecular formula is C28H26ClF3N2O4. The maximum absolute atomic E-state index is 14.1. The third-order valence-corrected chi connectivity index (χ3v) is 7.73. The highest BCUT2D eigenvalue weighted by atomic mass is 35.5. The van der Waals surface area contributed by atoms with E-state index in [1.54, 1.807) is 44.2 Å². The van der Waals surface area contributed by atoms with Gasteiger partial charge in [-0.25, -0.2) is 0 Å². The Balaban J connectivity index is 1.73. The Hall–Kier alpha value is -3.14. The molecule has 1 saturated carbocycles. The Kier molecular flexibility index (Phi) is 6.05. The van der Waals surface area contributed by atoms with Crippen LogP contribution in [0.5, 0.6) is 5.75 Å². The number of rotatable bonds is 6. The molecule has 1 amide bonds. The number of ether oxygens (including phenoxy) is 1. The number of fused-ring (bicyclic) bond motifs is 1. The predicted octanol–water partition coefficient (Wildman–Crippen LogP) is 5.53. The third kappa shape index (κ3) is 4.22. The van der Waals surface area contributed by atoms with Gasteiger partial charge in [-0.05, 0) is 73.2 Å². The molecule has 200 valence electrons. The first-order valence-corrected chi connectivity index (χ1v) is 12.4. The van der Waals surface area contributed by atoms with Gasteiger partial charge in [0.15, 0.2) is 0 Å². The lowest BCUT2D eigenvalue weighted by Gasteiger charge is -2.44. The monoisotopic (exact) mass is 546 g/mol. The summed E-state index contributed by atoms with van der Waals surface area (Å²) in [5, 5.41) is 23.1. The van der Waals surface area contributed by atoms with E-state index in [1.165, 1.54) is 35.4 Å². The highest BCUT2D eigenvalue weighted by Gasteiger charge is 2.71. The van der Waals surface area contributed by atoms with E-state index >= 15 is 0 Å². The highest BCUT2D eigenvalue weighted by molar-refractivity contribution is 6.30. The van der Waals surface area contributed by atoms with Crippen LogP contribution < -0.4 is 4.74 Å². The van der Waals surface area contributed by atoms with E-state index in [4.69, 9.17) is 11.6 Å². The van der Waals surface area contributed by atoms with Crippen LogP contribution >= 0.6 is 11.6 Å². The summed E-state index contributed by atoms with van der Waals surface area (Å²) in [5.74, 6) is -1.03. The van der Waals surface area contributed by atoms with Crippen molar-refractivity contribution in [3.05, 3.63) is 93.8 Å². The second-order valence-corrected chi connectivity index (χ2v) is 10.9. The molecule has 10 heteroatoms. The minimum atomic E-state index is -4.86. The number of aliphatic hydroxyl groups is 2. The smallest absolute Gasteiger partial charge is 0.406 e. The van der Waals surface area contributed by atoms with Gasteiger partial charge in [0.05, 0.1) is 28.5 Å². The van der Waals surface area contributed by atoms with Crippen molar-refractivity contribution in [3.8, 4) is 5.75 Å². The van der Waals surface area contributed by atoms with Gasteiger partial charge in [0, 0.05) is 11.8 Å². The largest absolute Gasteiger partial charge is 0.573 e. The van der Waals surface area contributed by atoms with Crippen molar-refractivity contribution in [3.63, 3.8) is 0 Å². The molecule has 0 spiro atoms. The number of carbonyl (C=O) groups excluding carboxylic acids is 1. The van der Waals surface area contributed by atoms with Gasteiger partial charge in [0.2, 0.25) is 0 Å². The minimum absolute atomic E-state index is 0.00162. The van der Waals surface area contributed by atoms with Gasteiger partial charge in [-0.15, -0.1) is 13.2 Å². The Morgan fingerprint density at radius 1 is 1.13 bits per heavy atom. The van der Waals surface area contributed by atoms with E-state index in [0.717, 1.165) is 0 Å². The number of hydrogen-bond acceptors (Lipinski definition) is 5. The molecule has 1 aliphatic carbocycles. The number of benzene rings is 2. The van der Waals surface area contributed by atoms with Crippen LogP contribution in [0.4, 0.5) is 13.2 Å². The average Bonchev–Trinajstić information content (AvgIpc) is 3.37. The first-order valence-electron chi connectivity index (χ1n) is 12.1. The standard InChI is InChI=1S/C28H26ClF3N2O4/c1-16-13-26(16,37)27(17-4-9-21(10-5-17)38-28(30,31)32)23-11-6-18(25(2,3)36)12-22(23)24(35)34(27)15-20-8-7-19(29)14-33-20/h4-12,14,16,36-37H,13,15H2,1-3H3/t16?,26?,27-/m1/s1. The number of halogens is 4. The molecule has 3 atom stereocenters. The zero-order valence-corrected chi connectivity index (χ0v) is 21.6. The van der Waals surface area contributed by atoms with Crippen molar-refractivity contribution < 1.29 is 32.9 Å². The Bertz CT molecular complexity index is 1390. The van der Waals surface area contributed by atoms with Gasteiger partial charge in [-0.3, -0.25) is 9.78 Å². The molecule has 2 aliphatic rings. The maximum atomic E-state index is 14.1. The third-order valence-electron chi connectivity index (χ3n) is 7.51. The van der Waals surface area contributed by atoms with E-state index in [-0.39, 0.29) is 12.5 Å². The van der Waals surface area contributed by atoms with Crippen LogP contribution in [0.15, 0.2) is 60.8 Å². The van der Waals surface area contributed by atoms with Crippen LogP contribution in [0.3, 0.4) is 0 Å². The first kappa shape index (κ1) is 26.5. The van der Waals surface area contributed by atoms with Crippen molar-refractivity contribution >= 4 is 17.5 Å². The van der Waals surface area contributed by atoms with E-state index < -0.39 is 34.8 Å². The van der Waals surface area contributed by atoms with Crippen molar-refractivity contribution in [2.24, 2.45) is 5.92 Å². The number of pyridine rings is 1. The summed E-state index contributed by atoms with van der Waals surface area (Å²) in [6.45, 7) is 5.06. The number of hydrogen-bond donors (Lipinski definition) is 2. The van der Waals surface area contributed by atoms with Crippen LogP contribution in [-0.4, -0.2) is 38.0 Å². The van der Waals surface area contributed by atoms with E-state index in [2.05, 4.69) is 9.72 Å². The fourth-order valence-electron chi connectivity index (χ4n) is 5.55. The topological polar surface area (TPSA) is 82.9 Å². The van der Waals surface area contributed by atoms with Crippen LogP contribution in [-0.2, 0) is 17.7 Å². The Labute approximate surface area is 222 Å². The van der Waals surface area contributed by atoms with Crippen molar-refractivity contribution in [2.75, 3.05) is 0 Å². The van der Waals surface area contributed by atoms with Gasteiger partial charge in [-0.2, -0.15) is 0 Å². The van der Waals surface area contributed by atoms with Gasteiger partial charge >= 0.3 is 6.36 Å².